The Hall–Kier alpha value is -3.25. The molecule has 0 bridgehead atoms. The fourth-order valence-corrected chi connectivity index (χ4v) is 3.89. The van der Waals surface area contributed by atoms with Gasteiger partial charge in [0.1, 0.15) is 6.04 Å². The Bertz CT molecular complexity index is 1330. The maximum absolute atomic E-state index is 13.0. The second kappa shape index (κ2) is 11.3. The van der Waals surface area contributed by atoms with Crippen LogP contribution in [0, 0.1) is 0 Å². The number of nitrogens with zero attached hydrogens (tertiary/aromatic N) is 3. The highest BCUT2D eigenvalue weighted by Gasteiger charge is 2.20. The Morgan fingerprint density at radius 1 is 1.06 bits per heavy atom. The fraction of sp³-hybridized carbons (Fsp3) is 0.190. The van der Waals surface area contributed by atoms with E-state index < -0.39 is 42.7 Å². The number of aliphatic carboxylic acids is 1. The van der Waals surface area contributed by atoms with Crippen LogP contribution < -0.4 is 16.2 Å². The Morgan fingerprint density at radius 2 is 1.65 bits per heavy atom. The number of carbonyl (C=O) groups excluding carboxylic acids is 2. The third-order valence-electron chi connectivity index (χ3n) is 4.43. The minimum Gasteiger partial charge on any atom is -0.481 e. The zero-order valence-electron chi connectivity index (χ0n) is 17.4. The van der Waals surface area contributed by atoms with E-state index in [9.17, 15) is 19.2 Å². The number of esters is 1. The van der Waals surface area contributed by atoms with E-state index in [1.165, 1.54) is 28.2 Å². The lowest BCUT2D eigenvalue weighted by Crippen LogP contribution is -2.37. The first-order valence-electron chi connectivity index (χ1n) is 9.68. The van der Waals surface area contributed by atoms with Crippen molar-refractivity contribution in [2.75, 3.05) is 0 Å². The highest BCUT2D eigenvalue weighted by molar-refractivity contribution is 7.03. The number of halogens is 2. The van der Waals surface area contributed by atoms with E-state index in [0.717, 1.165) is 21.7 Å². The predicted molar refractivity (Wildman–Crippen MR) is 125 cm³/mol. The number of nitrogens with two attached hydrogens (primary N) is 1. The van der Waals surface area contributed by atoms with Gasteiger partial charge in [-0.3, -0.25) is 14.4 Å². The number of ether oxygens (including phenoxy) is 1. The molecule has 0 saturated carbocycles. The summed E-state index contributed by atoms with van der Waals surface area (Å²) in [6, 6.07) is 11.4. The molecule has 0 aliphatic carbocycles. The van der Waals surface area contributed by atoms with Crippen LogP contribution in [0.3, 0.4) is 0 Å². The van der Waals surface area contributed by atoms with Crippen LogP contribution >= 0.6 is 34.7 Å². The van der Waals surface area contributed by atoms with Crippen molar-refractivity contribution in [1.29, 1.82) is 0 Å². The molecule has 1 heterocycles. The zero-order chi connectivity index (χ0) is 24.8. The average molecular weight is 525 g/mol. The van der Waals surface area contributed by atoms with Crippen LogP contribution in [-0.4, -0.2) is 37.5 Å². The van der Waals surface area contributed by atoms with Gasteiger partial charge in [-0.2, -0.15) is 4.99 Å². The van der Waals surface area contributed by atoms with Gasteiger partial charge in [-0.05, 0) is 53.5 Å². The minimum atomic E-state index is -1.41. The van der Waals surface area contributed by atoms with Gasteiger partial charge in [-0.25, -0.2) is 13.3 Å². The predicted octanol–water partition coefficient (Wildman–Crippen LogP) is 2.11. The van der Waals surface area contributed by atoms with E-state index in [4.69, 9.17) is 38.8 Å². The maximum Gasteiger partial charge on any atom is 0.342 e. The summed E-state index contributed by atoms with van der Waals surface area (Å²) in [6.45, 7) is -0.459. The molecule has 178 valence electrons. The third kappa shape index (κ3) is 6.64. The summed E-state index contributed by atoms with van der Waals surface area (Å²) >= 11 is 12.6. The zero-order valence-corrected chi connectivity index (χ0v) is 19.7. The Morgan fingerprint density at radius 3 is 2.24 bits per heavy atom. The number of benzene rings is 2. The molecule has 13 heteroatoms. The average Bonchev–Trinajstić information content (AvgIpc) is 3.07. The van der Waals surface area contributed by atoms with Gasteiger partial charge in [0.2, 0.25) is 4.80 Å². The van der Waals surface area contributed by atoms with E-state index in [1.54, 1.807) is 24.3 Å². The molecule has 0 spiro atoms. The van der Waals surface area contributed by atoms with Crippen LogP contribution in [0.5, 0.6) is 0 Å². The Labute approximate surface area is 206 Å². The summed E-state index contributed by atoms with van der Waals surface area (Å²) in [5.74, 6) is -2.93. The van der Waals surface area contributed by atoms with Crippen LogP contribution in [0.15, 0.2) is 58.3 Å². The molecule has 0 aliphatic heterocycles. The van der Waals surface area contributed by atoms with Crippen LogP contribution in [0.2, 0.25) is 10.0 Å². The second-order valence-electron chi connectivity index (χ2n) is 6.97. The number of aromatic nitrogens is 2. The van der Waals surface area contributed by atoms with Crippen LogP contribution in [-0.2, 0) is 27.6 Å². The molecule has 1 amide bonds. The largest absolute Gasteiger partial charge is 0.481 e. The van der Waals surface area contributed by atoms with Gasteiger partial charge in [0.25, 0.3) is 5.91 Å². The van der Waals surface area contributed by atoms with E-state index in [0.29, 0.717) is 10.0 Å². The summed E-state index contributed by atoms with van der Waals surface area (Å²) in [6.07, 6.45) is -0.639. The van der Waals surface area contributed by atoms with Crippen LogP contribution in [0.1, 0.15) is 22.3 Å². The van der Waals surface area contributed by atoms with E-state index in [-0.39, 0.29) is 16.9 Å². The van der Waals surface area contributed by atoms with Crippen LogP contribution in [0.4, 0.5) is 0 Å². The summed E-state index contributed by atoms with van der Waals surface area (Å²) in [5.41, 5.74) is 5.90. The molecule has 0 fully saturated rings. The molecule has 0 saturated heterocycles. The number of carbonyl (C=O) groups is 3. The van der Waals surface area contributed by atoms with Gasteiger partial charge >= 0.3 is 17.6 Å². The summed E-state index contributed by atoms with van der Waals surface area (Å²) in [4.78, 5) is 52.4. The highest BCUT2D eigenvalue weighted by atomic mass is 35.5. The van der Waals surface area contributed by atoms with Gasteiger partial charge in [0.15, 0.2) is 6.73 Å². The number of rotatable bonds is 8. The van der Waals surface area contributed by atoms with Crippen LogP contribution in [0.25, 0.3) is 0 Å². The molecular formula is C21H18Cl2N4O6S. The van der Waals surface area contributed by atoms with E-state index >= 15 is 0 Å². The number of carboxylic acids is 1. The lowest BCUT2D eigenvalue weighted by Gasteiger charge is -2.09. The van der Waals surface area contributed by atoms with Crippen molar-refractivity contribution in [2.45, 2.75) is 25.7 Å². The molecule has 3 aromatic rings. The van der Waals surface area contributed by atoms with Crippen molar-refractivity contribution in [3.63, 3.8) is 0 Å². The van der Waals surface area contributed by atoms with E-state index in [1.807, 2.05) is 0 Å². The van der Waals surface area contributed by atoms with Crippen molar-refractivity contribution in [2.24, 2.45) is 10.7 Å². The van der Waals surface area contributed by atoms with Gasteiger partial charge in [-0.1, -0.05) is 35.3 Å². The molecule has 1 unspecified atom stereocenters. The SMILES string of the molecule is NC(CC(=O)O)C(=O)OCn1c(=NC(=O)c2ccc(Cl)cc2)sn(Cc2ccc(Cl)cc2)c1=O. The third-order valence-corrected chi connectivity index (χ3v) is 5.91. The monoisotopic (exact) mass is 524 g/mol. The first-order valence-corrected chi connectivity index (χ1v) is 11.2. The number of hydrogen-bond donors (Lipinski definition) is 2. The van der Waals surface area contributed by atoms with Crippen molar-refractivity contribution in [1.82, 2.24) is 8.52 Å². The van der Waals surface area contributed by atoms with Crippen molar-refractivity contribution < 1.29 is 24.2 Å². The van der Waals surface area contributed by atoms with Gasteiger partial charge in [0, 0.05) is 15.6 Å². The molecule has 0 aliphatic rings. The summed E-state index contributed by atoms with van der Waals surface area (Å²) in [5, 5.41) is 9.75. The molecule has 3 N–H and O–H groups in total. The maximum atomic E-state index is 13.0. The lowest BCUT2D eigenvalue weighted by atomic mass is 10.2. The normalized spacial score (nSPS) is 12.4. The standard InChI is InChI=1S/C21H18Cl2N4O6S/c22-14-5-1-12(2-6-14)10-27-21(32)26(11-33-19(31)16(24)9-17(28)29)20(34-27)25-18(30)13-3-7-15(23)8-4-13/h1-8,16H,9-11,24H2,(H,28,29). The minimum absolute atomic E-state index is 0.0291. The molecule has 0 radical (unpaired) electrons. The molecular weight excluding hydrogens is 507 g/mol. The first kappa shape index (κ1) is 25.4. The fourth-order valence-electron chi connectivity index (χ4n) is 2.70. The van der Waals surface area contributed by atoms with E-state index in [2.05, 4.69) is 4.99 Å². The number of carboxylic acid groups (broad SMARTS) is 1. The second-order valence-corrected chi connectivity index (χ2v) is 8.83. The summed E-state index contributed by atoms with van der Waals surface area (Å²) < 4.78 is 7.32. The molecule has 2 aromatic carbocycles. The molecule has 34 heavy (non-hydrogen) atoms. The Balaban J connectivity index is 1.94. The van der Waals surface area contributed by atoms with Gasteiger partial charge in [-0.15, -0.1) is 0 Å². The summed E-state index contributed by atoms with van der Waals surface area (Å²) in [7, 11) is 0. The van der Waals surface area contributed by atoms with Crippen molar-refractivity contribution in [3.8, 4) is 0 Å². The highest BCUT2D eigenvalue weighted by Crippen LogP contribution is 2.12. The molecule has 1 atom stereocenters. The Kier molecular flexibility index (Phi) is 8.40. The first-order chi connectivity index (χ1) is 16.1. The molecule has 10 nitrogen and oxygen atoms in total. The van der Waals surface area contributed by atoms with Gasteiger partial charge in [0.05, 0.1) is 13.0 Å². The quantitative estimate of drug-likeness (QED) is 0.429. The van der Waals surface area contributed by atoms with Crippen molar-refractivity contribution >= 4 is 52.6 Å². The lowest BCUT2D eigenvalue weighted by molar-refractivity contribution is -0.152. The number of amides is 1. The van der Waals surface area contributed by atoms with Gasteiger partial charge < -0.3 is 15.6 Å². The topological polar surface area (TPSA) is 146 Å². The van der Waals surface area contributed by atoms with Crippen molar-refractivity contribution in [3.05, 3.63) is 85.0 Å². The number of hydrogen-bond acceptors (Lipinski definition) is 7. The molecule has 1 aromatic heterocycles. The molecule has 3 rings (SSSR count). The smallest absolute Gasteiger partial charge is 0.342 e.